The van der Waals surface area contributed by atoms with Crippen LogP contribution in [0.1, 0.15) is 70.6 Å². The second kappa shape index (κ2) is 5.74. The predicted molar refractivity (Wildman–Crippen MR) is 77.2 cm³/mol. The molecule has 1 heterocycles. The average Bonchev–Trinajstić information content (AvgIpc) is 2.68. The maximum Gasteiger partial charge on any atom is 0.248 e. The van der Waals surface area contributed by atoms with Crippen LogP contribution in [0, 0.1) is 0 Å². The molecule has 4 heteroatoms. The summed E-state index contributed by atoms with van der Waals surface area (Å²) in [4.78, 5) is 27.1. The highest BCUT2D eigenvalue weighted by Gasteiger charge is 2.47. The molecule has 3 fully saturated rings. The average molecular weight is 278 g/mol. The van der Waals surface area contributed by atoms with E-state index in [4.69, 9.17) is 0 Å². The van der Waals surface area contributed by atoms with E-state index in [1.54, 1.807) is 0 Å². The van der Waals surface area contributed by atoms with Crippen molar-refractivity contribution in [3.05, 3.63) is 0 Å². The van der Waals surface area contributed by atoms with Crippen LogP contribution in [0.4, 0.5) is 0 Å². The lowest BCUT2D eigenvalue weighted by atomic mass is 9.94. The summed E-state index contributed by atoms with van der Waals surface area (Å²) in [5.41, 5.74) is -0.556. The molecule has 0 aromatic carbocycles. The van der Waals surface area contributed by atoms with E-state index in [2.05, 4.69) is 10.2 Å². The van der Waals surface area contributed by atoms with E-state index in [0.717, 1.165) is 38.5 Å². The third-order valence-electron chi connectivity index (χ3n) is 5.35. The molecule has 1 saturated heterocycles. The molecule has 3 aliphatic rings. The number of nitrogens with one attached hydrogen (secondary N) is 1. The zero-order valence-corrected chi connectivity index (χ0v) is 12.3. The van der Waals surface area contributed by atoms with E-state index < -0.39 is 5.54 Å². The summed E-state index contributed by atoms with van der Waals surface area (Å²) in [7, 11) is 0. The molecule has 0 bridgehead atoms. The van der Waals surface area contributed by atoms with Crippen molar-refractivity contribution in [1.29, 1.82) is 0 Å². The molecule has 2 amide bonds. The highest BCUT2D eigenvalue weighted by atomic mass is 16.2. The van der Waals surface area contributed by atoms with Gasteiger partial charge in [0.25, 0.3) is 0 Å². The molecule has 3 rings (SSSR count). The van der Waals surface area contributed by atoms with Gasteiger partial charge in [-0.25, -0.2) is 0 Å². The molecule has 2 aliphatic carbocycles. The Morgan fingerprint density at radius 2 is 1.60 bits per heavy atom. The molecule has 4 nitrogen and oxygen atoms in total. The Morgan fingerprint density at radius 3 is 2.25 bits per heavy atom. The van der Waals surface area contributed by atoms with Gasteiger partial charge in [-0.1, -0.05) is 38.5 Å². The summed E-state index contributed by atoms with van der Waals surface area (Å²) in [5, 5.41) is 3.06. The van der Waals surface area contributed by atoms with E-state index in [9.17, 15) is 9.59 Å². The molecular weight excluding hydrogens is 252 g/mol. The minimum atomic E-state index is -0.556. The van der Waals surface area contributed by atoms with Crippen molar-refractivity contribution in [2.75, 3.05) is 6.54 Å². The van der Waals surface area contributed by atoms with Crippen LogP contribution in [0.25, 0.3) is 0 Å². The molecule has 0 atom stereocenters. The fourth-order valence-corrected chi connectivity index (χ4v) is 4.22. The number of carbonyl (C=O) groups excluding carboxylic acids is 2. The van der Waals surface area contributed by atoms with Gasteiger partial charge >= 0.3 is 0 Å². The number of hydrogen-bond acceptors (Lipinski definition) is 2. The van der Waals surface area contributed by atoms with Gasteiger partial charge in [0.1, 0.15) is 5.54 Å². The van der Waals surface area contributed by atoms with Crippen molar-refractivity contribution in [2.45, 2.75) is 82.2 Å². The molecule has 1 aliphatic heterocycles. The fraction of sp³-hybridized carbons (Fsp3) is 0.875. The molecule has 0 unspecified atom stereocenters. The van der Waals surface area contributed by atoms with Crippen molar-refractivity contribution >= 4 is 11.8 Å². The summed E-state index contributed by atoms with van der Waals surface area (Å²) in [6.07, 6.45) is 11.5. The predicted octanol–water partition coefficient (Wildman–Crippen LogP) is 2.37. The maximum absolute atomic E-state index is 13.0. The summed E-state index contributed by atoms with van der Waals surface area (Å²) < 4.78 is 0. The summed E-state index contributed by atoms with van der Waals surface area (Å²) in [6, 6.07) is 0.371. The van der Waals surface area contributed by atoms with E-state index >= 15 is 0 Å². The number of nitrogens with zero attached hydrogens (tertiary/aromatic N) is 1. The first-order valence-electron chi connectivity index (χ1n) is 8.33. The maximum atomic E-state index is 13.0. The molecule has 0 aromatic rings. The van der Waals surface area contributed by atoms with Gasteiger partial charge in [-0.15, -0.1) is 0 Å². The van der Waals surface area contributed by atoms with Gasteiger partial charge in [0.15, 0.2) is 0 Å². The lowest BCUT2D eigenvalue weighted by Gasteiger charge is -2.36. The van der Waals surface area contributed by atoms with E-state index in [1.807, 2.05) is 0 Å². The molecule has 1 N–H and O–H groups in total. The highest BCUT2D eigenvalue weighted by Crippen LogP contribution is 2.35. The third kappa shape index (κ3) is 2.57. The monoisotopic (exact) mass is 278 g/mol. The number of rotatable bonds is 1. The first-order valence-corrected chi connectivity index (χ1v) is 8.33. The molecule has 0 aromatic heterocycles. The minimum Gasteiger partial charge on any atom is -0.342 e. The van der Waals surface area contributed by atoms with Crippen LogP contribution in [-0.2, 0) is 9.59 Å². The molecular formula is C16H26N2O2. The van der Waals surface area contributed by atoms with E-state index in [-0.39, 0.29) is 11.8 Å². The highest BCUT2D eigenvalue weighted by molar-refractivity contribution is 5.94. The van der Waals surface area contributed by atoms with Crippen LogP contribution in [-0.4, -0.2) is 34.8 Å². The number of carbonyl (C=O) groups is 2. The second-order valence-corrected chi connectivity index (χ2v) is 6.73. The van der Waals surface area contributed by atoms with Gasteiger partial charge in [0.2, 0.25) is 11.8 Å². The quantitative estimate of drug-likeness (QED) is 0.749. The van der Waals surface area contributed by atoms with Gasteiger partial charge in [0, 0.05) is 19.0 Å². The first-order chi connectivity index (χ1) is 9.71. The lowest BCUT2D eigenvalue weighted by Crippen LogP contribution is -2.57. The molecule has 112 valence electrons. The van der Waals surface area contributed by atoms with Gasteiger partial charge in [-0.05, 0) is 25.7 Å². The van der Waals surface area contributed by atoms with Crippen molar-refractivity contribution in [3.8, 4) is 0 Å². The molecule has 20 heavy (non-hydrogen) atoms. The van der Waals surface area contributed by atoms with Gasteiger partial charge in [0.05, 0.1) is 0 Å². The van der Waals surface area contributed by atoms with Crippen molar-refractivity contribution < 1.29 is 9.59 Å². The molecule has 2 saturated carbocycles. The zero-order valence-electron chi connectivity index (χ0n) is 12.3. The van der Waals surface area contributed by atoms with Gasteiger partial charge in [-0.3, -0.25) is 9.59 Å². The third-order valence-corrected chi connectivity index (χ3v) is 5.35. The molecule has 1 spiro atoms. The Balaban J connectivity index is 1.81. The smallest absolute Gasteiger partial charge is 0.248 e. The van der Waals surface area contributed by atoms with Crippen LogP contribution < -0.4 is 5.32 Å². The van der Waals surface area contributed by atoms with Crippen LogP contribution in [0.15, 0.2) is 0 Å². The zero-order chi connectivity index (χ0) is 14.0. The Hall–Kier alpha value is -1.06. The van der Waals surface area contributed by atoms with Crippen molar-refractivity contribution in [1.82, 2.24) is 10.2 Å². The van der Waals surface area contributed by atoms with Crippen LogP contribution in [0.3, 0.4) is 0 Å². The standard InChI is InChI=1S/C16H26N2O2/c19-14-9-12-18(13-7-3-1-2-4-8-13)15(20)16(17-14)10-5-6-11-16/h13H,1-12H2,(H,17,19). The van der Waals surface area contributed by atoms with Gasteiger partial charge in [-0.2, -0.15) is 0 Å². The lowest BCUT2D eigenvalue weighted by molar-refractivity contribution is -0.140. The SMILES string of the molecule is O=C1CCN(C2CCCCCC2)C(=O)C2(CCCC2)N1. The summed E-state index contributed by atoms with van der Waals surface area (Å²) in [6.45, 7) is 0.622. The number of amides is 2. The number of hydrogen-bond donors (Lipinski definition) is 1. The van der Waals surface area contributed by atoms with E-state index in [0.29, 0.717) is 19.0 Å². The summed E-state index contributed by atoms with van der Waals surface area (Å²) in [5.74, 6) is 0.282. The second-order valence-electron chi connectivity index (χ2n) is 6.73. The van der Waals surface area contributed by atoms with Crippen molar-refractivity contribution in [2.24, 2.45) is 0 Å². The minimum absolute atomic E-state index is 0.0661. The fourth-order valence-electron chi connectivity index (χ4n) is 4.22. The normalized spacial score (nSPS) is 28.3. The summed E-state index contributed by atoms with van der Waals surface area (Å²) >= 11 is 0. The van der Waals surface area contributed by atoms with Crippen molar-refractivity contribution in [3.63, 3.8) is 0 Å². The topological polar surface area (TPSA) is 49.4 Å². The molecule has 0 radical (unpaired) electrons. The van der Waals surface area contributed by atoms with Crippen LogP contribution >= 0.6 is 0 Å². The Labute approximate surface area is 121 Å². The Bertz CT molecular complexity index is 380. The van der Waals surface area contributed by atoms with Crippen LogP contribution in [0.2, 0.25) is 0 Å². The largest absolute Gasteiger partial charge is 0.342 e. The first kappa shape index (κ1) is 13.9. The van der Waals surface area contributed by atoms with E-state index in [1.165, 1.54) is 25.7 Å². The Morgan fingerprint density at radius 1 is 0.950 bits per heavy atom. The van der Waals surface area contributed by atoms with Gasteiger partial charge < -0.3 is 10.2 Å². The van der Waals surface area contributed by atoms with Crippen LogP contribution in [0.5, 0.6) is 0 Å². The Kier molecular flexibility index (Phi) is 3.99.